The van der Waals surface area contributed by atoms with E-state index < -0.39 is 0 Å². The van der Waals surface area contributed by atoms with E-state index in [-0.39, 0.29) is 12.2 Å². The summed E-state index contributed by atoms with van der Waals surface area (Å²) in [5.74, 6) is 1.68. The van der Waals surface area contributed by atoms with Crippen molar-refractivity contribution in [1.29, 1.82) is 0 Å². The van der Waals surface area contributed by atoms with Gasteiger partial charge in [0.25, 0.3) is 0 Å². The van der Waals surface area contributed by atoms with Crippen LogP contribution in [0.3, 0.4) is 0 Å². The molecule has 3 unspecified atom stereocenters. The van der Waals surface area contributed by atoms with Gasteiger partial charge in [-0.3, -0.25) is 4.98 Å². The van der Waals surface area contributed by atoms with Gasteiger partial charge in [0.2, 0.25) is 0 Å². The van der Waals surface area contributed by atoms with E-state index in [1.165, 1.54) is 6.42 Å². The van der Waals surface area contributed by atoms with Crippen LogP contribution in [0.4, 0.5) is 4.79 Å². The van der Waals surface area contributed by atoms with Crippen molar-refractivity contribution in [3.05, 3.63) is 30.1 Å². The van der Waals surface area contributed by atoms with Crippen LogP contribution < -0.4 is 5.32 Å². The Morgan fingerprint density at radius 1 is 1.33 bits per heavy atom. The van der Waals surface area contributed by atoms with Gasteiger partial charge in [-0.25, -0.2) is 4.79 Å². The molecule has 0 spiro atoms. The number of alkyl carbamates (subject to hydrolysis) is 1. The predicted molar refractivity (Wildman–Crippen MR) is 98.9 cm³/mol. The first-order valence-corrected chi connectivity index (χ1v) is 9.40. The number of hydrogen-bond acceptors (Lipinski definition) is 3. The molecular weight excluding hydrogens is 300 g/mol. The zero-order chi connectivity index (χ0) is 17.9. The molecule has 1 amide bonds. The zero-order valence-corrected chi connectivity index (χ0v) is 15.9. The number of carbonyl (C=O) groups is 1. The van der Waals surface area contributed by atoms with Gasteiger partial charge in [0.05, 0.1) is 0 Å². The van der Waals surface area contributed by atoms with Crippen LogP contribution in [0.1, 0.15) is 59.6 Å². The molecule has 0 aromatic carbocycles. The molecule has 1 aromatic heterocycles. The Morgan fingerprint density at radius 2 is 2.08 bits per heavy atom. The van der Waals surface area contributed by atoms with E-state index in [1.807, 2.05) is 32.0 Å². The van der Waals surface area contributed by atoms with E-state index in [9.17, 15) is 4.79 Å². The van der Waals surface area contributed by atoms with Crippen LogP contribution in [0, 0.1) is 17.8 Å². The second-order valence-electron chi connectivity index (χ2n) is 6.77. The highest BCUT2D eigenvalue weighted by Gasteiger charge is 2.33. The predicted octanol–water partition coefficient (Wildman–Crippen LogP) is 4.84. The number of aromatic nitrogens is 1. The van der Waals surface area contributed by atoms with Crippen LogP contribution in [0.2, 0.25) is 0 Å². The number of hydrogen-bond donors (Lipinski definition) is 1. The standard InChI is InChI=1S/C18H28N2O2.C2H6/c1-13(2)16-8-7-14(3)12-17(16)22-18(21)20-11-9-15-6-4-5-10-19-15;1-2/h4-6,10,13-14,16-17H,7-9,11-12H2,1-3H3,(H,20,21);1-2H3. The monoisotopic (exact) mass is 334 g/mol. The first kappa shape index (κ1) is 20.5. The second-order valence-corrected chi connectivity index (χ2v) is 6.77. The van der Waals surface area contributed by atoms with Crippen molar-refractivity contribution in [1.82, 2.24) is 10.3 Å². The highest BCUT2D eigenvalue weighted by atomic mass is 16.6. The van der Waals surface area contributed by atoms with Crippen molar-refractivity contribution in [3.63, 3.8) is 0 Å². The van der Waals surface area contributed by atoms with Crippen molar-refractivity contribution >= 4 is 6.09 Å². The molecule has 136 valence electrons. The third kappa shape index (κ3) is 6.90. The summed E-state index contributed by atoms with van der Waals surface area (Å²) in [6, 6.07) is 5.81. The fourth-order valence-electron chi connectivity index (χ4n) is 3.27. The van der Waals surface area contributed by atoms with E-state index in [1.54, 1.807) is 6.20 Å². The Kier molecular flexibility index (Phi) is 9.43. The van der Waals surface area contributed by atoms with Crippen LogP contribution in [0.15, 0.2) is 24.4 Å². The van der Waals surface area contributed by atoms with Gasteiger partial charge in [0.15, 0.2) is 0 Å². The molecule has 24 heavy (non-hydrogen) atoms. The number of rotatable bonds is 5. The molecule has 1 fully saturated rings. The highest BCUT2D eigenvalue weighted by molar-refractivity contribution is 5.67. The van der Waals surface area contributed by atoms with Crippen LogP contribution in [0.5, 0.6) is 0 Å². The van der Waals surface area contributed by atoms with Crippen LogP contribution in [-0.2, 0) is 11.2 Å². The zero-order valence-electron chi connectivity index (χ0n) is 15.9. The lowest BCUT2D eigenvalue weighted by molar-refractivity contribution is 0.00630. The molecule has 0 saturated heterocycles. The first-order chi connectivity index (χ1) is 11.6. The topological polar surface area (TPSA) is 51.2 Å². The molecule has 1 N–H and O–H groups in total. The number of nitrogens with one attached hydrogen (secondary N) is 1. The maximum absolute atomic E-state index is 12.0. The maximum atomic E-state index is 12.0. The number of pyridine rings is 1. The Morgan fingerprint density at radius 3 is 2.71 bits per heavy atom. The summed E-state index contributed by atoms with van der Waals surface area (Å²) in [7, 11) is 0. The average molecular weight is 335 g/mol. The van der Waals surface area contributed by atoms with Gasteiger partial charge < -0.3 is 10.1 Å². The number of carbonyl (C=O) groups excluding carboxylic acids is 1. The lowest BCUT2D eigenvalue weighted by Crippen LogP contribution is -2.39. The van der Waals surface area contributed by atoms with E-state index in [4.69, 9.17) is 4.74 Å². The summed E-state index contributed by atoms with van der Waals surface area (Å²) < 4.78 is 5.70. The van der Waals surface area contributed by atoms with Crippen molar-refractivity contribution in [2.45, 2.75) is 66.4 Å². The SMILES string of the molecule is CC.CC1CCC(C(C)C)C(OC(=O)NCCc2ccccn2)C1. The fraction of sp³-hybridized carbons (Fsp3) is 0.700. The van der Waals surface area contributed by atoms with Crippen LogP contribution >= 0.6 is 0 Å². The minimum absolute atomic E-state index is 0.0543. The molecule has 1 heterocycles. The maximum Gasteiger partial charge on any atom is 0.407 e. The molecule has 4 heteroatoms. The number of nitrogens with zero attached hydrogens (tertiary/aromatic N) is 1. The van der Waals surface area contributed by atoms with Gasteiger partial charge in [0, 0.05) is 24.9 Å². The summed E-state index contributed by atoms with van der Waals surface area (Å²) in [5.41, 5.74) is 0.981. The number of ether oxygens (including phenoxy) is 1. The molecule has 2 rings (SSSR count). The molecule has 3 atom stereocenters. The molecule has 0 aliphatic heterocycles. The Hall–Kier alpha value is -1.58. The summed E-state index contributed by atoms with van der Waals surface area (Å²) in [5, 5.41) is 2.85. The van der Waals surface area contributed by atoms with E-state index in [0.717, 1.165) is 25.0 Å². The first-order valence-electron chi connectivity index (χ1n) is 9.40. The fourth-order valence-corrected chi connectivity index (χ4v) is 3.27. The molecule has 1 saturated carbocycles. The van der Waals surface area contributed by atoms with E-state index in [2.05, 4.69) is 31.1 Å². The van der Waals surface area contributed by atoms with Gasteiger partial charge in [-0.2, -0.15) is 0 Å². The number of amides is 1. The van der Waals surface area contributed by atoms with Crippen LogP contribution in [0.25, 0.3) is 0 Å². The Labute approximate surface area is 147 Å². The molecule has 1 aliphatic rings. The summed E-state index contributed by atoms with van der Waals surface area (Å²) in [4.78, 5) is 16.3. The Balaban J connectivity index is 0.00000139. The molecular formula is C20H34N2O2. The smallest absolute Gasteiger partial charge is 0.407 e. The third-order valence-electron chi connectivity index (χ3n) is 4.60. The minimum atomic E-state index is -0.291. The minimum Gasteiger partial charge on any atom is -0.446 e. The molecule has 0 bridgehead atoms. The largest absolute Gasteiger partial charge is 0.446 e. The second kappa shape index (κ2) is 11.1. The van der Waals surface area contributed by atoms with E-state index in [0.29, 0.717) is 24.3 Å². The lowest BCUT2D eigenvalue weighted by atomic mass is 9.75. The third-order valence-corrected chi connectivity index (χ3v) is 4.60. The van der Waals surface area contributed by atoms with Gasteiger partial charge in [-0.15, -0.1) is 0 Å². The quantitative estimate of drug-likeness (QED) is 0.838. The molecule has 1 aromatic rings. The summed E-state index contributed by atoms with van der Waals surface area (Å²) in [6.45, 7) is 11.2. The lowest BCUT2D eigenvalue weighted by Gasteiger charge is -2.36. The normalized spacial score (nSPS) is 23.2. The van der Waals surface area contributed by atoms with Crippen LogP contribution in [-0.4, -0.2) is 23.7 Å². The van der Waals surface area contributed by atoms with Crippen molar-refractivity contribution in [3.8, 4) is 0 Å². The molecule has 4 nitrogen and oxygen atoms in total. The van der Waals surface area contributed by atoms with Gasteiger partial charge in [-0.1, -0.05) is 47.1 Å². The van der Waals surface area contributed by atoms with Crippen molar-refractivity contribution in [2.24, 2.45) is 17.8 Å². The summed E-state index contributed by atoms with van der Waals surface area (Å²) >= 11 is 0. The highest BCUT2D eigenvalue weighted by Crippen LogP contribution is 2.35. The van der Waals surface area contributed by atoms with Gasteiger partial charge >= 0.3 is 6.09 Å². The average Bonchev–Trinajstić information content (AvgIpc) is 2.57. The van der Waals surface area contributed by atoms with Crippen molar-refractivity contribution in [2.75, 3.05) is 6.54 Å². The van der Waals surface area contributed by atoms with Crippen molar-refractivity contribution < 1.29 is 9.53 Å². The van der Waals surface area contributed by atoms with Gasteiger partial charge in [-0.05, 0) is 42.7 Å². The Bertz CT molecular complexity index is 462. The summed E-state index contributed by atoms with van der Waals surface area (Å²) in [6.07, 6.45) is 5.64. The molecule has 0 radical (unpaired) electrons. The van der Waals surface area contributed by atoms with E-state index >= 15 is 0 Å². The van der Waals surface area contributed by atoms with Gasteiger partial charge in [0.1, 0.15) is 6.10 Å². The molecule has 1 aliphatic carbocycles.